The second-order valence-corrected chi connectivity index (χ2v) is 4.08. The van der Waals surface area contributed by atoms with Crippen LogP contribution in [-0.4, -0.2) is 23.2 Å². The summed E-state index contributed by atoms with van der Waals surface area (Å²) in [5.41, 5.74) is 7.30. The van der Waals surface area contributed by atoms with Crippen LogP contribution in [0.25, 0.3) is 5.65 Å². The van der Waals surface area contributed by atoms with E-state index in [1.165, 1.54) is 12.8 Å². The summed E-state index contributed by atoms with van der Waals surface area (Å²) in [6.45, 7) is 0. The molecule has 2 aromatic heterocycles. The lowest BCUT2D eigenvalue weighted by Gasteiger charge is -2.08. The Morgan fingerprint density at radius 1 is 1.60 bits per heavy atom. The van der Waals surface area contributed by atoms with Crippen molar-refractivity contribution >= 4 is 17.3 Å². The Labute approximate surface area is 87.5 Å². The molecule has 15 heavy (non-hydrogen) atoms. The van der Waals surface area contributed by atoms with Crippen LogP contribution in [0.4, 0.5) is 11.6 Å². The Kier molecular flexibility index (Phi) is 1.62. The normalized spacial score (nSPS) is 15.8. The first-order valence-electron chi connectivity index (χ1n) is 5.14. The number of fused-ring (bicyclic) bond motifs is 1. The van der Waals surface area contributed by atoms with E-state index in [0.717, 1.165) is 17.3 Å². The molecular weight excluding hydrogens is 190 g/mol. The van der Waals surface area contributed by atoms with Crippen molar-refractivity contribution in [1.82, 2.24) is 10.1 Å². The third-order valence-electron chi connectivity index (χ3n) is 2.83. The molecule has 2 heterocycles. The van der Waals surface area contributed by atoms with E-state index in [0.29, 0.717) is 6.04 Å². The van der Waals surface area contributed by atoms with Gasteiger partial charge in [-0.05, 0) is 12.8 Å². The van der Waals surface area contributed by atoms with E-state index in [1.807, 2.05) is 22.8 Å². The third kappa shape index (κ3) is 1.40. The van der Waals surface area contributed by atoms with Crippen LogP contribution < -0.4 is 15.1 Å². The number of anilines is 2. The Morgan fingerprint density at radius 3 is 3.13 bits per heavy atom. The number of hydrogen-bond donors (Lipinski definition) is 2. The minimum absolute atomic E-state index is 0.656. The van der Waals surface area contributed by atoms with E-state index in [2.05, 4.69) is 22.0 Å². The Bertz CT molecular complexity index is 499. The van der Waals surface area contributed by atoms with Crippen molar-refractivity contribution < 1.29 is 4.52 Å². The molecule has 0 atom stereocenters. The zero-order chi connectivity index (χ0) is 10.4. The number of pyridine rings is 1. The molecule has 1 fully saturated rings. The maximum atomic E-state index is 5.70. The molecule has 0 aromatic carbocycles. The summed E-state index contributed by atoms with van der Waals surface area (Å²) >= 11 is 0. The summed E-state index contributed by atoms with van der Waals surface area (Å²) in [4.78, 5) is 6.67. The standard InChI is InChI=1S/C10H13N5/c1-14(8-2-3-8)10-12-9-6-7(11)4-5-15(9)13-10/h4-6,8H,2-3H2,1H3,(H2,11,12,13)/p+1. The van der Waals surface area contributed by atoms with Gasteiger partial charge in [-0.15, -0.1) is 4.52 Å². The molecule has 0 saturated heterocycles. The fourth-order valence-corrected chi connectivity index (χ4v) is 1.72. The lowest BCUT2D eigenvalue weighted by Crippen LogP contribution is -2.25. The smallest absolute Gasteiger partial charge is 0.353 e. The number of aromatic nitrogens is 3. The first-order valence-corrected chi connectivity index (χ1v) is 5.14. The summed E-state index contributed by atoms with van der Waals surface area (Å²) in [5, 5.41) is 3.22. The molecule has 0 radical (unpaired) electrons. The van der Waals surface area contributed by atoms with E-state index in [-0.39, 0.29) is 0 Å². The van der Waals surface area contributed by atoms with Crippen LogP contribution in [0.3, 0.4) is 0 Å². The Balaban J connectivity index is 2.05. The number of H-pyrrole nitrogens is 1. The van der Waals surface area contributed by atoms with Crippen molar-refractivity contribution in [2.24, 2.45) is 0 Å². The molecule has 0 aliphatic heterocycles. The van der Waals surface area contributed by atoms with E-state index in [1.54, 1.807) is 0 Å². The molecular formula is C10H14N5+. The van der Waals surface area contributed by atoms with Gasteiger partial charge in [-0.1, -0.05) is 0 Å². The lowest BCUT2D eigenvalue weighted by molar-refractivity contribution is -0.576. The molecule has 1 saturated carbocycles. The van der Waals surface area contributed by atoms with Crippen molar-refractivity contribution in [1.29, 1.82) is 0 Å². The highest BCUT2D eigenvalue weighted by Gasteiger charge is 2.31. The number of nitrogen functional groups attached to an aromatic ring is 1. The van der Waals surface area contributed by atoms with Gasteiger partial charge < -0.3 is 10.6 Å². The monoisotopic (exact) mass is 204 g/mol. The quantitative estimate of drug-likeness (QED) is 0.693. The summed E-state index contributed by atoms with van der Waals surface area (Å²) in [6, 6.07) is 4.37. The first-order chi connectivity index (χ1) is 7.24. The summed E-state index contributed by atoms with van der Waals surface area (Å²) in [5.74, 6) is 0.906. The highest BCUT2D eigenvalue weighted by Crippen LogP contribution is 2.27. The fraction of sp³-hybridized carbons (Fsp3) is 0.400. The molecule has 5 heteroatoms. The van der Waals surface area contributed by atoms with Crippen molar-refractivity contribution in [3.63, 3.8) is 0 Å². The van der Waals surface area contributed by atoms with Crippen LogP contribution in [0.1, 0.15) is 12.8 Å². The molecule has 3 rings (SSSR count). The van der Waals surface area contributed by atoms with Gasteiger partial charge >= 0.3 is 11.6 Å². The zero-order valence-corrected chi connectivity index (χ0v) is 8.64. The van der Waals surface area contributed by atoms with E-state index < -0.39 is 0 Å². The minimum Gasteiger partial charge on any atom is -0.398 e. The molecule has 2 aromatic rings. The van der Waals surface area contributed by atoms with Gasteiger partial charge in [0.15, 0.2) is 0 Å². The third-order valence-corrected chi connectivity index (χ3v) is 2.83. The summed E-state index contributed by atoms with van der Waals surface area (Å²) in [6.07, 6.45) is 4.42. The van der Waals surface area contributed by atoms with Crippen molar-refractivity contribution in [2.45, 2.75) is 18.9 Å². The van der Waals surface area contributed by atoms with Gasteiger partial charge in [0.05, 0.1) is 6.07 Å². The number of nitrogens with zero attached hydrogens (tertiary/aromatic N) is 3. The van der Waals surface area contributed by atoms with Crippen molar-refractivity contribution in [3.8, 4) is 0 Å². The molecule has 0 unspecified atom stereocenters. The van der Waals surface area contributed by atoms with Crippen LogP contribution in [0.2, 0.25) is 0 Å². The number of nitrogens with one attached hydrogen (secondary N) is 1. The van der Waals surface area contributed by atoms with E-state index in [9.17, 15) is 0 Å². The summed E-state index contributed by atoms with van der Waals surface area (Å²) in [7, 11) is 2.07. The molecule has 3 N–H and O–H groups in total. The van der Waals surface area contributed by atoms with Crippen LogP contribution in [0.15, 0.2) is 18.3 Å². The fourth-order valence-electron chi connectivity index (χ4n) is 1.72. The lowest BCUT2D eigenvalue weighted by atomic mass is 10.4. The summed E-state index contributed by atoms with van der Waals surface area (Å²) < 4.78 is 1.88. The molecule has 78 valence electrons. The van der Waals surface area contributed by atoms with Gasteiger partial charge in [0.2, 0.25) is 0 Å². The average molecular weight is 204 g/mol. The Hall–Kier alpha value is -1.78. The maximum Gasteiger partial charge on any atom is 0.353 e. The number of nitrogens with two attached hydrogens (primary N) is 1. The maximum absolute atomic E-state index is 5.70. The number of hydrogen-bond acceptors (Lipinski definition) is 3. The van der Waals surface area contributed by atoms with Crippen LogP contribution in [0, 0.1) is 0 Å². The van der Waals surface area contributed by atoms with Crippen LogP contribution in [0.5, 0.6) is 0 Å². The van der Waals surface area contributed by atoms with Gasteiger partial charge in [0, 0.05) is 29.8 Å². The van der Waals surface area contributed by atoms with E-state index in [4.69, 9.17) is 5.73 Å². The molecule has 0 bridgehead atoms. The Morgan fingerprint density at radius 2 is 2.40 bits per heavy atom. The predicted octanol–water partition coefficient (Wildman–Crippen LogP) is 0.329. The molecule has 0 spiro atoms. The molecule has 1 aliphatic rings. The second kappa shape index (κ2) is 2.85. The van der Waals surface area contributed by atoms with Crippen molar-refractivity contribution in [3.05, 3.63) is 18.3 Å². The van der Waals surface area contributed by atoms with Gasteiger partial charge in [0.1, 0.15) is 6.20 Å². The molecule has 1 aliphatic carbocycles. The van der Waals surface area contributed by atoms with Gasteiger partial charge in [0.25, 0.3) is 0 Å². The van der Waals surface area contributed by atoms with E-state index >= 15 is 0 Å². The average Bonchev–Trinajstić information content (AvgIpc) is 2.97. The van der Waals surface area contributed by atoms with Crippen molar-refractivity contribution in [2.75, 3.05) is 17.7 Å². The predicted molar refractivity (Wildman–Crippen MR) is 57.6 cm³/mol. The highest BCUT2D eigenvalue weighted by atomic mass is 15.4. The van der Waals surface area contributed by atoms with Crippen LogP contribution >= 0.6 is 0 Å². The van der Waals surface area contributed by atoms with Gasteiger partial charge in [-0.3, -0.25) is 0 Å². The highest BCUT2D eigenvalue weighted by molar-refractivity contribution is 5.48. The first kappa shape index (κ1) is 8.52. The molecule has 0 amide bonds. The minimum atomic E-state index is 0.656. The zero-order valence-electron chi connectivity index (χ0n) is 8.64. The van der Waals surface area contributed by atoms with Crippen LogP contribution in [-0.2, 0) is 0 Å². The van der Waals surface area contributed by atoms with Gasteiger partial charge in [-0.2, -0.15) is 5.10 Å². The molecule has 5 nitrogen and oxygen atoms in total. The second-order valence-electron chi connectivity index (χ2n) is 4.08. The van der Waals surface area contributed by atoms with Gasteiger partial charge in [-0.25, -0.2) is 0 Å². The SMILES string of the molecule is CN(c1nc2cc(N)cc[n+]2[nH]1)C1CC1. The largest absolute Gasteiger partial charge is 0.398 e. The number of rotatable bonds is 2. The topological polar surface area (TPSA) is 62.0 Å². The number of aromatic amines is 1.